The fourth-order valence-corrected chi connectivity index (χ4v) is 2.10. The van der Waals surface area contributed by atoms with Crippen molar-refractivity contribution in [2.75, 3.05) is 19.6 Å². The molecule has 1 atom stereocenters. The fraction of sp³-hybridized carbons (Fsp3) is 0.833. The van der Waals surface area contributed by atoms with Crippen LogP contribution in [0.5, 0.6) is 0 Å². The lowest BCUT2D eigenvalue weighted by molar-refractivity contribution is -0.146. The van der Waals surface area contributed by atoms with Gasteiger partial charge in [0.15, 0.2) is 6.10 Å². The molecule has 0 saturated carbocycles. The molecule has 104 valence electrons. The quantitative estimate of drug-likeness (QED) is 0.675. The molecule has 1 rings (SSSR count). The molecular formula is C12H22N2O4. The van der Waals surface area contributed by atoms with Crippen LogP contribution in [0.1, 0.15) is 32.6 Å². The van der Waals surface area contributed by atoms with E-state index in [1.54, 1.807) is 4.90 Å². The van der Waals surface area contributed by atoms with Gasteiger partial charge in [0.1, 0.15) is 0 Å². The number of likely N-dealkylation sites (tertiary alicyclic amines) is 1. The molecule has 1 fully saturated rings. The van der Waals surface area contributed by atoms with Crippen molar-refractivity contribution in [2.45, 2.75) is 38.7 Å². The minimum Gasteiger partial charge on any atom is -0.479 e. The Bertz CT molecular complexity index is 288. The summed E-state index contributed by atoms with van der Waals surface area (Å²) in [6.45, 7) is 3.85. The lowest BCUT2D eigenvalue weighted by atomic mass is 9.95. The molecule has 0 spiro atoms. The number of aliphatic hydroxyl groups is 1. The number of carboxylic acid groups (broad SMARTS) is 1. The maximum absolute atomic E-state index is 11.7. The second-order valence-electron chi connectivity index (χ2n) is 4.71. The van der Waals surface area contributed by atoms with E-state index < -0.39 is 12.1 Å². The van der Waals surface area contributed by atoms with Crippen LogP contribution in [0.2, 0.25) is 0 Å². The molecule has 0 bridgehead atoms. The average Bonchev–Trinajstić information content (AvgIpc) is 2.38. The average molecular weight is 258 g/mol. The number of rotatable bonds is 5. The highest BCUT2D eigenvalue weighted by Crippen LogP contribution is 2.19. The predicted octanol–water partition coefficient (Wildman–Crippen LogP) is 0.654. The second kappa shape index (κ2) is 7.20. The number of aliphatic hydroxyl groups excluding tert-OH is 1. The first-order valence-corrected chi connectivity index (χ1v) is 6.48. The number of urea groups is 1. The molecule has 0 unspecified atom stereocenters. The number of aliphatic carboxylic acids is 1. The van der Waals surface area contributed by atoms with E-state index in [0.717, 1.165) is 32.4 Å². The number of carboxylic acids is 1. The minimum absolute atomic E-state index is 0.0342. The summed E-state index contributed by atoms with van der Waals surface area (Å²) < 4.78 is 0. The van der Waals surface area contributed by atoms with E-state index in [2.05, 4.69) is 12.2 Å². The number of nitrogens with one attached hydrogen (secondary N) is 1. The van der Waals surface area contributed by atoms with Gasteiger partial charge in [0.2, 0.25) is 0 Å². The molecule has 0 radical (unpaired) electrons. The number of piperidine rings is 1. The molecule has 0 aromatic rings. The molecule has 1 aliphatic rings. The molecule has 0 aromatic carbocycles. The molecule has 3 N–H and O–H groups in total. The number of carbonyl (C=O) groups excluding carboxylic acids is 1. The zero-order valence-electron chi connectivity index (χ0n) is 10.8. The van der Waals surface area contributed by atoms with Crippen molar-refractivity contribution in [3.05, 3.63) is 0 Å². The van der Waals surface area contributed by atoms with Crippen LogP contribution in [0.3, 0.4) is 0 Å². The van der Waals surface area contributed by atoms with E-state index in [9.17, 15) is 9.59 Å². The first kappa shape index (κ1) is 14.8. The molecule has 1 aliphatic heterocycles. The van der Waals surface area contributed by atoms with Crippen molar-refractivity contribution in [2.24, 2.45) is 5.92 Å². The van der Waals surface area contributed by atoms with E-state index in [4.69, 9.17) is 10.2 Å². The highest BCUT2D eigenvalue weighted by molar-refractivity contribution is 5.74. The molecule has 6 heteroatoms. The van der Waals surface area contributed by atoms with Crippen molar-refractivity contribution in [1.82, 2.24) is 10.2 Å². The third-order valence-corrected chi connectivity index (χ3v) is 3.46. The van der Waals surface area contributed by atoms with Gasteiger partial charge >= 0.3 is 12.0 Å². The van der Waals surface area contributed by atoms with E-state index in [-0.39, 0.29) is 19.0 Å². The van der Waals surface area contributed by atoms with Gasteiger partial charge in [-0.2, -0.15) is 0 Å². The summed E-state index contributed by atoms with van der Waals surface area (Å²) in [6, 6.07) is -0.165. The van der Waals surface area contributed by atoms with Gasteiger partial charge in [-0.25, -0.2) is 9.59 Å². The van der Waals surface area contributed by atoms with Crippen LogP contribution in [0.4, 0.5) is 4.79 Å². The third kappa shape index (κ3) is 4.52. The van der Waals surface area contributed by atoms with Crippen molar-refractivity contribution in [3.8, 4) is 0 Å². The van der Waals surface area contributed by atoms with E-state index >= 15 is 0 Å². The van der Waals surface area contributed by atoms with Gasteiger partial charge < -0.3 is 20.4 Å². The summed E-state index contributed by atoms with van der Waals surface area (Å²) >= 11 is 0. The Morgan fingerprint density at radius 1 is 1.39 bits per heavy atom. The van der Waals surface area contributed by atoms with Gasteiger partial charge in [-0.1, -0.05) is 13.3 Å². The van der Waals surface area contributed by atoms with Crippen molar-refractivity contribution in [1.29, 1.82) is 0 Å². The SMILES string of the molecule is CCC1CCN(C(=O)NCC[C@H](O)C(=O)O)CC1. The van der Waals surface area contributed by atoms with Gasteiger partial charge in [-0.15, -0.1) is 0 Å². The number of hydrogen-bond acceptors (Lipinski definition) is 3. The van der Waals surface area contributed by atoms with Gasteiger partial charge in [-0.05, 0) is 18.8 Å². The normalized spacial score (nSPS) is 18.4. The van der Waals surface area contributed by atoms with E-state index in [1.807, 2.05) is 0 Å². The first-order chi connectivity index (χ1) is 8.54. The van der Waals surface area contributed by atoms with Crippen molar-refractivity contribution >= 4 is 12.0 Å². The lowest BCUT2D eigenvalue weighted by Crippen LogP contribution is -2.45. The van der Waals surface area contributed by atoms with Crippen LogP contribution in [0.15, 0.2) is 0 Å². The zero-order chi connectivity index (χ0) is 13.5. The zero-order valence-corrected chi connectivity index (χ0v) is 10.8. The monoisotopic (exact) mass is 258 g/mol. The molecule has 1 saturated heterocycles. The summed E-state index contributed by atoms with van der Waals surface area (Å²) in [7, 11) is 0. The smallest absolute Gasteiger partial charge is 0.332 e. The Hall–Kier alpha value is -1.30. The highest BCUT2D eigenvalue weighted by atomic mass is 16.4. The molecule has 2 amide bonds. The summed E-state index contributed by atoms with van der Waals surface area (Å²) in [5.41, 5.74) is 0. The summed E-state index contributed by atoms with van der Waals surface area (Å²) in [6.07, 6.45) is 1.84. The Morgan fingerprint density at radius 3 is 2.50 bits per heavy atom. The highest BCUT2D eigenvalue weighted by Gasteiger charge is 2.21. The maximum Gasteiger partial charge on any atom is 0.332 e. The van der Waals surface area contributed by atoms with E-state index in [0.29, 0.717) is 5.92 Å². The Labute approximate surface area is 107 Å². The second-order valence-corrected chi connectivity index (χ2v) is 4.71. The third-order valence-electron chi connectivity index (χ3n) is 3.46. The fourth-order valence-electron chi connectivity index (χ4n) is 2.10. The van der Waals surface area contributed by atoms with Crippen LogP contribution in [0.25, 0.3) is 0 Å². The summed E-state index contributed by atoms with van der Waals surface area (Å²) in [5.74, 6) is -0.545. The van der Waals surface area contributed by atoms with Crippen molar-refractivity contribution < 1.29 is 19.8 Å². The molecule has 6 nitrogen and oxygen atoms in total. The Kier molecular flexibility index (Phi) is 5.91. The van der Waals surface area contributed by atoms with Gasteiger partial charge in [0, 0.05) is 26.1 Å². The predicted molar refractivity (Wildman–Crippen MR) is 66.2 cm³/mol. The molecule has 1 heterocycles. The van der Waals surface area contributed by atoms with Gasteiger partial charge in [-0.3, -0.25) is 0 Å². The van der Waals surface area contributed by atoms with Gasteiger partial charge in [0.25, 0.3) is 0 Å². The van der Waals surface area contributed by atoms with Crippen molar-refractivity contribution in [3.63, 3.8) is 0 Å². The topological polar surface area (TPSA) is 89.9 Å². The molecular weight excluding hydrogens is 236 g/mol. The molecule has 18 heavy (non-hydrogen) atoms. The number of carbonyl (C=O) groups is 2. The number of amides is 2. The minimum atomic E-state index is -1.41. The van der Waals surface area contributed by atoms with E-state index in [1.165, 1.54) is 0 Å². The standard InChI is InChI=1S/C12H22N2O4/c1-2-9-4-7-14(8-5-9)12(18)13-6-3-10(15)11(16)17/h9-10,15H,2-8H2,1H3,(H,13,18)(H,16,17)/t10-/m0/s1. The van der Waals surface area contributed by atoms with Crippen LogP contribution < -0.4 is 5.32 Å². The van der Waals surface area contributed by atoms with Crippen LogP contribution in [-0.4, -0.2) is 52.9 Å². The molecule has 0 aromatic heterocycles. The van der Waals surface area contributed by atoms with Gasteiger partial charge in [0.05, 0.1) is 0 Å². The maximum atomic E-state index is 11.7. The molecule has 0 aliphatic carbocycles. The van der Waals surface area contributed by atoms with Crippen LogP contribution >= 0.6 is 0 Å². The lowest BCUT2D eigenvalue weighted by Gasteiger charge is -2.31. The number of nitrogens with zero attached hydrogens (tertiary/aromatic N) is 1. The summed E-state index contributed by atoms with van der Waals surface area (Å²) in [4.78, 5) is 23.9. The van der Waals surface area contributed by atoms with Crippen LogP contribution in [0, 0.1) is 5.92 Å². The van der Waals surface area contributed by atoms with Crippen LogP contribution in [-0.2, 0) is 4.79 Å². The summed E-state index contributed by atoms with van der Waals surface area (Å²) in [5, 5.41) is 20.2. The first-order valence-electron chi connectivity index (χ1n) is 6.48. The number of hydrogen-bond donors (Lipinski definition) is 3. The Balaban J connectivity index is 2.19. The largest absolute Gasteiger partial charge is 0.479 e. The Morgan fingerprint density at radius 2 is 2.00 bits per heavy atom.